The second kappa shape index (κ2) is 6.25. The summed E-state index contributed by atoms with van der Waals surface area (Å²) in [4.78, 5) is 2.49. The summed E-state index contributed by atoms with van der Waals surface area (Å²) in [5.74, 6) is 0.839. The van der Waals surface area contributed by atoms with Gasteiger partial charge in [-0.1, -0.05) is 0 Å². The van der Waals surface area contributed by atoms with Crippen LogP contribution in [0.25, 0.3) is 0 Å². The molecule has 4 nitrogen and oxygen atoms in total. The highest BCUT2D eigenvalue weighted by molar-refractivity contribution is 5.34. The molecule has 1 aromatic rings. The molecule has 4 heteroatoms. The summed E-state index contributed by atoms with van der Waals surface area (Å²) in [6.45, 7) is 3.95. The van der Waals surface area contributed by atoms with Crippen molar-refractivity contribution in [2.45, 2.75) is 31.5 Å². The van der Waals surface area contributed by atoms with E-state index in [1.807, 2.05) is 12.1 Å². The highest BCUT2D eigenvalue weighted by Gasteiger charge is 2.33. The fourth-order valence-corrected chi connectivity index (χ4v) is 2.99. The van der Waals surface area contributed by atoms with Crippen molar-refractivity contribution in [1.82, 2.24) is 4.90 Å². The SMILES string of the molecule is N#Cc1ccc(OCCCN2CC3CCC(C2)O3)cc1. The third kappa shape index (κ3) is 3.30. The Hall–Kier alpha value is -1.57. The zero-order valence-corrected chi connectivity index (χ0v) is 11.6. The lowest BCUT2D eigenvalue weighted by atomic mass is 10.2. The number of morpholine rings is 1. The highest BCUT2D eigenvalue weighted by atomic mass is 16.5. The molecule has 2 heterocycles. The molecule has 3 rings (SSSR count). The van der Waals surface area contributed by atoms with Crippen molar-refractivity contribution in [1.29, 1.82) is 5.26 Å². The van der Waals surface area contributed by atoms with E-state index in [4.69, 9.17) is 14.7 Å². The van der Waals surface area contributed by atoms with Crippen molar-refractivity contribution < 1.29 is 9.47 Å². The van der Waals surface area contributed by atoms with Gasteiger partial charge in [-0.3, -0.25) is 4.90 Å². The van der Waals surface area contributed by atoms with Gasteiger partial charge in [-0.25, -0.2) is 0 Å². The number of ether oxygens (including phenoxy) is 2. The van der Waals surface area contributed by atoms with E-state index >= 15 is 0 Å². The maximum absolute atomic E-state index is 8.73. The molecule has 2 aliphatic heterocycles. The van der Waals surface area contributed by atoms with E-state index in [0.29, 0.717) is 17.8 Å². The van der Waals surface area contributed by atoms with Crippen LogP contribution < -0.4 is 4.74 Å². The predicted octanol–water partition coefficient (Wildman–Crippen LogP) is 2.19. The fourth-order valence-electron chi connectivity index (χ4n) is 2.99. The van der Waals surface area contributed by atoms with Gasteiger partial charge < -0.3 is 9.47 Å². The molecule has 2 aliphatic rings. The Morgan fingerprint density at radius 2 is 1.90 bits per heavy atom. The Kier molecular flexibility index (Phi) is 4.19. The van der Waals surface area contributed by atoms with Crippen LogP contribution in [0.5, 0.6) is 5.75 Å². The first-order valence-electron chi connectivity index (χ1n) is 7.34. The second-order valence-electron chi connectivity index (χ2n) is 5.56. The summed E-state index contributed by atoms with van der Waals surface area (Å²) in [7, 11) is 0. The second-order valence-corrected chi connectivity index (χ2v) is 5.56. The molecule has 2 unspecified atom stereocenters. The van der Waals surface area contributed by atoms with Crippen LogP contribution in [-0.4, -0.2) is 43.3 Å². The third-order valence-electron chi connectivity index (χ3n) is 3.99. The smallest absolute Gasteiger partial charge is 0.119 e. The van der Waals surface area contributed by atoms with Gasteiger partial charge in [0.05, 0.1) is 30.4 Å². The van der Waals surface area contributed by atoms with E-state index in [-0.39, 0.29) is 0 Å². The topological polar surface area (TPSA) is 45.5 Å². The largest absolute Gasteiger partial charge is 0.494 e. The number of rotatable bonds is 5. The number of fused-ring (bicyclic) bond motifs is 2. The van der Waals surface area contributed by atoms with Gasteiger partial charge in [-0.2, -0.15) is 5.26 Å². The normalized spacial score (nSPS) is 25.4. The number of nitriles is 1. The van der Waals surface area contributed by atoms with Gasteiger partial charge in [0, 0.05) is 19.6 Å². The van der Waals surface area contributed by atoms with Crippen molar-refractivity contribution in [2.24, 2.45) is 0 Å². The zero-order chi connectivity index (χ0) is 13.8. The minimum atomic E-state index is 0.466. The average Bonchev–Trinajstić information content (AvgIpc) is 2.83. The molecule has 106 valence electrons. The van der Waals surface area contributed by atoms with Crippen molar-refractivity contribution in [3.05, 3.63) is 29.8 Å². The summed E-state index contributed by atoms with van der Waals surface area (Å²) in [5.41, 5.74) is 0.668. The van der Waals surface area contributed by atoms with Gasteiger partial charge >= 0.3 is 0 Å². The molecule has 0 aliphatic carbocycles. The summed E-state index contributed by atoms with van der Waals surface area (Å²) in [6, 6.07) is 9.39. The van der Waals surface area contributed by atoms with Gasteiger partial charge in [0.1, 0.15) is 5.75 Å². The first-order valence-corrected chi connectivity index (χ1v) is 7.34. The lowest BCUT2D eigenvalue weighted by molar-refractivity contribution is -0.0391. The standard InChI is InChI=1S/C16H20N2O2/c17-10-13-2-4-14(5-3-13)19-9-1-8-18-11-15-6-7-16(12-18)20-15/h2-5,15-16H,1,6-9,11-12H2. The van der Waals surface area contributed by atoms with Crippen LogP contribution in [0, 0.1) is 11.3 Å². The first-order chi connectivity index (χ1) is 9.83. The molecular weight excluding hydrogens is 252 g/mol. The van der Waals surface area contributed by atoms with E-state index in [0.717, 1.165) is 38.4 Å². The summed E-state index contributed by atoms with van der Waals surface area (Å²) in [5, 5.41) is 8.73. The van der Waals surface area contributed by atoms with E-state index in [9.17, 15) is 0 Å². The number of nitrogens with zero attached hydrogens (tertiary/aromatic N) is 2. The van der Waals surface area contributed by atoms with Crippen LogP contribution in [0.1, 0.15) is 24.8 Å². The Morgan fingerprint density at radius 3 is 2.55 bits per heavy atom. The van der Waals surface area contributed by atoms with Crippen LogP contribution in [0.2, 0.25) is 0 Å². The van der Waals surface area contributed by atoms with E-state index in [1.165, 1.54) is 12.8 Å². The van der Waals surface area contributed by atoms with Crippen molar-refractivity contribution >= 4 is 0 Å². The van der Waals surface area contributed by atoms with Crippen LogP contribution in [-0.2, 0) is 4.74 Å². The average molecular weight is 272 g/mol. The monoisotopic (exact) mass is 272 g/mol. The molecule has 1 aromatic carbocycles. The Balaban J connectivity index is 1.36. The minimum Gasteiger partial charge on any atom is -0.494 e. The number of likely N-dealkylation sites (tertiary alicyclic amines) is 1. The molecule has 0 N–H and O–H groups in total. The van der Waals surface area contributed by atoms with Crippen molar-refractivity contribution in [2.75, 3.05) is 26.2 Å². The Labute approximate surface area is 119 Å². The van der Waals surface area contributed by atoms with Crippen molar-refractivity contribution in [3.63, 3.8) is 0 Å². The lowest BCUT2D eigenvalue weighted by Gasteiger charge is -2.31. The molecule has 2 saturated heterocycles. The molecule has 2 fully saturated rings. The summed E-state index contributed by atoms with van der Waals surface area (Å²) >= 11 is 0. The van der Waals surface area contributed by atoms with Crippen LogP contribution in [0.4, 0.5) is 0 Å². The molecule has 2 atom stereocenters. The van der Waals surface area contributed by atoms with E-state index in [2.05, 4.69) is 11.0 Å². The molecule has 0 radical (unpaired) electrons. The first kappa shape index (κ1) is 13.4. The van der Waals surface area contributed by atoms with Gasteiger partial charge in [0.15, 0.2) is 0 Å². The Morgan fingerprint density at radius 1 is 1.20 bits per heavy atom. The van der Waals surface area contributed by atoms with Crippen LogP contribution >= 0.6 is 0 Å². The maximum atomic E-state index is 8.73. The highest BCUT2D eigenvalue weighted by Crippen LogP contribution is 2.26. The molecular formula is C16H20N2O2. The number of hydrogen-bond acceptors (Lipinski definition) is 4. The Bertz CT molecular complexity index is 468. The number of benzene rings is 1. The van der Waals surface area contributed by atoms with Gasteiger partial charge in [0.25, 0.3) is 0 Å². The quantitative estimate of drug-likeness (QED) is 0.771. The predicted molar refractivity (Wildman–Crippen MR) is 75.6 cm³/mol. The summed E-state index contributed by atoms with van der Waals surface area (Å²) in [6.07, 6.45) is 4.41. The molecule has 0 spiro atoms. The molecule has 0 saturated carbocycles. The van der Waals surface area contributed by atoms with Crippen molar-refractivity contribution in [3.8, 4) is 11.8 Å². The number of hydrogen-bond donors (Lipinski definition) is 0. The summed E-state index contributed by atoms with van der Waals surface area (Å²) < 4.78 is 11.5. The van der Waals surface area contributed by atoms with Crippen LogP contribution in [0.3, 0.4) is 0 Å². The maximum Gasteiger partial charge on any atom is 0.119 e. The fraction of sp³-hybridized carbons (Fsp3) is 0.562. The van der Waals surface area contributed by atoms with Crippen LogP contribution in [0.15, 0.2) is 24.3 Å². The van der Waals surface area contributed by atoms with Gasteiger partial charge in [0.2, 0.25) is 0 Å². The lowest BCUT2D eigenvalue weighted by Crippen LogP contribution is -2.43. The van der Waals surface area contributed by atoms with Gasteiger partial charge in [-0.05, 0) is 43.5 Å². The molecule has 0 aromatic heterocycles. The van der Waals surface area contributed by atoms with Gasteiger partial charge in [-0.15, -0.1) is 0 Å². The molecule has 20 heavy (non-hydrogen) atoms. The molecule has 2 bridgehead atoms. The minimum absolute atomic E-state index is 0.466. The molecule has 0 amide bonds. The zero-order valence-electron chi connectivity index (χ0n) is 11.6. The van der Waals surface area contributed by atoms with E-state index in [1.54, 1.807) is 12.1 Å². The van der Waals surface area contributed by atoms with E-state index < -0.39 is 0 Å². The third-order valence-corrected chi connectivity index (χ3v) is 3.99.